The molecule has 0 unspecified atom stereocenters. The van der Waals surface area contributed by atoms with E-state index < -0.39 is 0 Å². The van der Waals surface area contributed by atoms with Crippen molar-refractivity contribution >= 4 is 40.2 Å². The Hall–Kier alpha value is -1.77. The summed E-state index contributed by atoms with van der Waals surface area (Å²) in [6.45, 7) is 9.23. The summed E-state index contributed by atoms with van der Waals surface area (Å²) in [7, 11) is 0. The lowest BCUT2D eigenvalue weighted by atomic mass is 10.1. The minimum absolute atomic E-state index is 0.106. The molecule has 2 heterocycles. The highest BCUT2D eigenvalue weighted by molar-refractivity contribution is 7.73. The molecular formula is C18H25N5OS2. The lowest BCUT2D eigenvalue weighted by Crippen LogP contribution is -2.46. The van der Waals surface area contributed by atoms with Crippen LogP contribution in [0.1, 0.15) is 30.6 Å². The maximum atomic E-state index is 11.4. The van der Waals surface area contributed by atoms with Crippen molar-refractivity contribution in [3.63, 3.8) is 0 Å². The van der Waals surface area contributed by atoms with E-state index in [2.05, 4.69) is 27.1 Å². The van der Waals surface area contributed by atoms with E-state index in [1.54, 1.807) is 6.92 Å². The second-order valence-corrected chi connectivity index (χ2v) is 8.07. The van der Waals surface area contributed by atoms with Gasteiger partial charge in [0.1, 0.15) is 0 Å². The number of hydrogen-bond acceptors (Lipinski definition) is 7. The Morgan fingerprint density at radius 3 is 2.54 bits per heavy atom. The number of ketones is 1. The summed E-state index contributed by atoms with van der Waals surface area (Å²) in [5.41, 5.74) is 1.93. The molecule has 0 radical (unpaired) electrons. The number of hydrogen-bond donors (Lipinski definition) is 1. The van der Waals surface area contributed by atoms with Gasteiger partial charge in [-0.3, -0.25) is 9.69 Å². The zero-order valence-corrected chi connectivity index (χ0v) is 16.9. The summed E-state index contributed by atoms with van der Waals surface area (Å²) >= 11 is 6.97. The minimum atomic E-state index is 0.106. The van der Waals surface area contributed by atoms with Crippen LogP contribution in [0.25, 0.3) is 0 Å². The van der Waals surface area contributed by atoms with Gasteiger partial charge in [0.25, 0.3) is 0 Å². The van der Waals surface area contributed by atoms with Gasteiger partial charge in [0.05, 0.1) is 6.67 Å². The van der Waals surface area contributed by atoms with Crippen LogP contribution in [0, 0.1) is 3.95 Å². The Morgan fingerprint density at radius 2 is 1.92 bits per heavy atom. The van der Waals surface area contributed by atoms with Gasteiger partial charge in [-0.25, -0.2) is 4.68 Å². The molecule has 6 nitrogen and oxygen atoms in total. The van der Waals surface area contributed by atoms with Crippen LogP contribution in [0.2, 0.25) is 0 Å². The number of anilines is 2. The third-order valence-electron chi connectivity index (χ3n) is 4.48. The van der Waals surface area contributed by atoms with Gasteiger partial charge in [0.15, 0.2) is 9.74 Å². The van der Waals surface area contributed by atoms with Crippen molar-refractivity contribution in [2.45, 2.75) is 26.9 Å². The molecule has 3 rings (SSSR count). The zero-order chi connectivity index (χ0) is 18.5. The summed E-state index contributed by atoms with van der Waals surface area (Å²) in [6, 6.07) is 7.89. The van der Waals surface area contributed by atoms with E-state index in [4.69, 9.17) is 12.2 Å². The number of rotatable bonds is 7. The number of nitrogens with one attached hydrogen (secondary N) is 1. The molecule has 0 aliphatic carbocycles. The van der Waals surface area contributed by atoms with Gasteiger partial charge in [-0.15, -0.1) is 5.10 Å². The molecule has 1 saturated heterocycles. The molecular weight excluding hydrogens is 366 g/mol. The molecule has 1 aromatic heterocycles. The average molecular weight is 392 g/mol. The van der Waals surface area contributed by atoms with Crippen molar-refractivity contribution in [2.24, 2.45) is 0 Å². The molecule has 0 bridgehead atoms. The summed E-state index contributed by atoms with van der Waals surface area (Å²) < 4.78 is 2.72. The number of piperazine rings is 1. The number of benzene rings is 1. The first-order chi connectivity index (χ1) is 12.6. The number of aromatic nitrogens is 2. The number of Topliss-reactive ketones (excluding diaryl/α,β-unsaturated/α-hetero) is 1. The van der Waals surface area contributed by atoms with Gasteiger partial charge in [-0.2, -0.15) is 0 Å². The molecule has 0 saturated carbocycles. The van der Waals surface area contributed by atoms with Gasteiger partial charge in [-0.05, 0) is 49.8 Å². The smallest absolute Gasteiger partial charge is 0.204 e. The maximum absolute atomic E-state index is 11.4. The average Bonchev–Trinajstić information content (AvgIpc) is 3.00. The maximum Gasteiger partial charge on any atom is 0.204 e. The Kier molecular flexibility index (Phi) is 6.39. The van der Waals surface area contributed by atoms with E-state index >= 15 is 0 Å². The van der Waals surface area contributed by atoms with Crippen molar-refractivity contribution < 1.29 is 4.79 Å². The van der Waals surface area contributed by atoms with Crippen LogP contribution < -0.4 is 10.2 Å². The van der Waals surface area contributed by atoms with Crippen LogP contribution in [-0.4, -0.2) is 53.2 Å². The SMILES string of the molecule is CCCNc1nn(CN2CCN(c3ccc(C(C)=O)cc3)CC2)c(=S)s1. The van der Waals surface area contributed by atoms with Gasteiger partial charge >= 0.3 is 0 Å². The lowest BCUT2D eigenvalue weighted by molar-refractivity contribution is 0.101. The van der Waals surface area contributed by atoms with Crippen LogP contribution in [0.15, 0.2) is 24.3 Å². The van der Waals surface area contributed by atoms with Crippen molar-refractivity contribution in [2.75, 3.05) is 42.9 Å². The van der Waals surface area contributed by atoms with E-state index in [-0.39, 0.29) is 5.78 Å². The van der Waals surface area contributed by atoms with Crippen molar-refractivity contribution in [3.05, 3.63) is 33.8 Å². The van der Waals surface area contributed by atoms with Gasteiger partial charge in [0, 0.05) is 44.0 Å². The molecule has 1 fully saturated rings. The van der Waals surface area contributed by atoms with E-state index in [9.17, 15) is 4.79 Å². The molecule has 140 valence electrons. The van der Waals surface area contributed by atoms with Crippen LogP contribution in [0.3, 0.4) is 0 Å². The normalized spacial score (nSPS) is 15.2. The Bertz CT molecular complexity index is 791. The predicted octanol–water partition coefficient (Wildman–Crippen LogP) is 3.48. The van der Waals surface area contributed by atoms with Gasteiger partial charge < -0.3 is 10.2 Å². The zero-order valence-electron chi connectivity index (χ0n) is 15.3. The molecule has 1 aliphatic heterocycles. The summed E-state index contributed by atoms with van der Waals surface area (Å²) in [4.78, 5) is 16.1. The molecule has 0 amide bonds. The molecule has 0 spiro atoms. The highest BCUT2D eigenvalue weighted by Gasteiger charge is 2.18. The van der Waals surface area contributed by atoms with Crippen molar-refractivity contribution in [1.29, 1.82) is 0 Å². The molecule has 1 aromatic carbocycles. The van der Waals surface area contributed by atoms with Crippen LogP contribution in [0.5, 0.6) is 0 Å². The fourth-order valence-corrected chi connectivity index (χ4v) is 3.96. The lowest BCUT2D eigenvalue weighted by Gasteiger charge is -2.35. The van der Waals surface area contributed by atoms with Crippen molar-refractivity contribution in [3.8, 4) is 0 Å². The van der Waals surface area contributed by atoms with E-state index in [0.717, 1.165) is 60.5 Å². The first kappa shape index (κ1) is 19.0. The highest BCUT2D eigenvalue weighted by Crippen LogP contribution is 2.19. The second kappa shape index (κ2) is 8.75. The Morgan fingerprint density at radius 1 is 1.23 bits per heavy atom. The second-order valence-electron chi connectivity index (χ2n) is 6.45. The Labute approximate surface area is 163 Å². The fourth-order valence-electron chi connectivity index (χ4n) is 2.94. The van der Waals surface area contributed by atoms with E-state index in [1.807, 2.05) is 28.9 Å². The molecule has 0 atom stereocenters. The van der Waals surface area contributed by atoms with E-state index in [1.165, 1.54) is 17.0 Å². The minimum Gasteiger partial charge on any atom is -0.369 e. The quantitative estimate of drug-likeness (QED) is 0.576. The number of nitrogens with zero attached hydrogens (tertiary/aromatic N) is 4. The van der Waals surface area contributed by atoms with Crippen LogP contribution >= 0.6 is 23.6 Å². The molecule has 2 aromatic rings. The Balaban J connectivity index is 1.54. The van der Waals surface area contributed by atoms with E-state index in [0.29, 0.717) is 0 Å². The van der Waals surface area contributed by atoms with Gasteiger partial charge in [-0.1, -0.05) is 18.3 Å². The van der Waals surface area contributed by atoms with Crippen LogP contribution in [0.4, 0.5) is 10.8 Å². The third-order valence-corrected chi connectivity index (χ3v) is 5.74. The summed E-state index contributed by atoms with van der Waals surface area (Å²) in [6.07, 6.45) is 1.07. The first-order valence-corrected chi connectivity index (χ1v) is 10.2. The number of carbonyl (C=O) groups is 1. The van der Waals surface area contributed by atoms with Crippen molar-refractivity contribution in [1.82, 2.24) is 14.7 Å². The van der Waals surface area contributed by atoms with Crippen LogP contribution in [-0.2, 0) is 6.67 Å². The highest BCUT2D eigenvalue weighted by atomic mass is 32.1. The monoisotopic (exact) mass is 391 g/mol. The molecule has 8 heteroatoms. The first-order valence-electron chi connectivity index (χ1n) is 8.97. The predicted molar refractivity (Wildman–Crippen MR) is 110 cm³/mol. The molecule has 1 aliphatic rings. The summed E-state index contributed by atoms with van der Waals surface area (Å²) in [5, 5.41) is 8.78. The molecule has 1 N–H and O–H groups in total. The molecule has 26 heavy (non-hydrogen) atoms. The fraction of sp³-hybridized carbons (Fsp3) is 0.500. The van der Waals surface area contributed by atoms with Gasteiger partial charge in [0.2, 0.25) is 5.13 Å². The number of carbonyl (C=O) groups excluding carboxylic acids is 1. The third kappa shape index (κ3) is 4.69. The largest absolute Gasteiger partial charge is 0.369 e. The standard InChI is InChI=1S/C18H25N5OS2/c1-3-8-19-17-20-23(18(25)26-17)13-21-9-11-22(12-10-21)16-6-4-15(5-7-16)14(2)24/h4-7H,3,8-13H2,1-2H3,(H,19,20). The summed E-state index contributed by atoms with van der Waals surface area (Å²) in [5.74, 6) is 0.106. The topological polar surface area (TPSA) is 53.4 Å².